The molecular formula is C25H30N2O8. The molecule has 0 amide bonds. The molecule has 188 valence electrons. The van der Waals surface area contributed by atoms with E-state index in [4.69, 9.17) is 24.7 Å². The van der Waals surface area contributed by atoms with E-state index >= 15 is 0 Å². The number of rotatable bonds is 8. The molecule has 0 fully saturated rings. The van der Waals surface area contributed by atoms with Gasteiger partial charge in [-0.1, -0.05) is 31.5 Å². The largest absolute Gasteiger partial charge is 0.468 e. The number of methoxy groups -OCH3 is 1. The first kappa shape index (κ1) is 25.8. The maximum atomic E-state index is 13.6. The molecule has 3 rings (SSSR count). The summed E-state index contributed by atoms with van der Waals surface area (Å²) in [5.41, 5.74) is 4.55. The van der Waals surface area contributed by atoms with E-state index < -0.39 is 35.4 Å². The van der Waals surface area contributed by atoms with Crippen molar-refractivity contribution < 1.29 is 38.1 Å². The molecule has 35 heavy (non-hydrogen) atoms. The Balaban J connectivity index is 2.35. The normalized spacial score (nSPS) is 19.1. The van der Waals surface area contributed by atoms with Crippen molar-refractivity contribution in [2.45, 2.75) is 52.1 Å². The molecule has 0 aromatic heterocycles. The summed E-state index contributed by atoms with van der Waals surface area (Å²) in [5.74, 6) is -3.48. The molecule has 2 aliphatic heterocycles. The Morgan fingerprint density at radius 2 is 1.83 bits per heavy atom. The lowest BCUT2D eigenvalue weighted by Gasteiger charge is -2.40. The molecule has 1 unspecified atom stereocenters. The Bertz CT molecular complexity index is 1120. The minimum Gasteiger partial charge on any atom is -0.468 e. The van der Waals surface area contributed by atoms with Crippen LogP contribution in [-0.2, 0) is 43.5 Å². The first-order valence-corrected chi connectivity index (χ1v) is 11.4. The fourth-order valence-corrected chi connectivity index (χ4v) is 4.29. The summed E-state index contributed by atoms with van der Waals surface area (Å²) in [6.07, 6.45) is 0.833. The molecule has 0 radical (unpaired) electrons. The zero-order valence-corrected chi connectivity index (χ0v) is 20.5. The zero-order valence-electron chi connectivity index (χ0n) is 20.5. The molecule has 1 spiro atoms. The molecule has 1 aromatic carbocycles. The molecule has 0 bridgehead atoms. The second-order valence-corrected chi connectivity index (χ2v) is 8.45. The lowest BCUT2D eigenvalue weighted by atomic mass is 9.66. The highest BCUT2D eigenvalue weighted by atomic mass is 16.6. The molecule has 0 saturated carbocycles. The first-order chi connectivity index (χ1) is 16.6. The number of allylic oxidation sites excluding steroid dienone is 1. The minimum atomic E-state index is -2.04. The van der Waals surface area contributed by atoms with E-state index in [1.807, 2.05) is 6.92 Å². The number of benzene rings is 1. The Morgan fingerprint density at radius 3 is 2.46 bits per heavy atom. The van der Waals surface area contributed by atoms with Gasteiger partial charge >= 0.3 is 23.9 Å². The van der Waals surface area contributed by atoms with Gasteiger partial charge in [-0.05, 0) is 33.3 Å². The molecule has 1 aromatic rings. The Morgan fingerprint density at radius 1 is 1.14 bits per heavy atom. The fourth-order valence-electron chi connectivity index (χ4n) is 4.29. The van der Waals surface area contributed by atoms with Crippen LogP contribution in [0.2, 0.25) is 0 Å². The first-order valence-electron chi connectivity index (χ1n) is 11.4. The Kier molecular flexibility index (Phi) is 7.52. The van der Waals surface area contributed by atoms with Crippen LogP contribution in [0.4, 0.5) is 5.69 Å². The number of carbonyl (C=O) groups is 4. The van der Waals surface area contributed by atoms with Gasteiger partial charge in [0, 0.05) is 11.3 Å². The fraction of sp³-hybridized carbons (Fsp3) is 0.440. The molecule has 0 aliphatic carbocycles. The van der Waals surface area contributed by atoms with Gasteiger partial charge < -0.3 is 29.6 Å². The zero-order chi connectivity index (χ0) is 25.9. The van der Waals surface area contributed by atoms with Gasteiger partial charge in [-0.3, -0.25) is 4.79 Å². The second-order valence-electron chi connectivity index (χ2n) is 8.45. The van der Waals surface area contributed by atoms with E-state index in [0.717, 1.165) is 6.42 Å². The van der Waals surface area contributed by atoms with Gasteiger partial charge in [-0.25, -0.2) is 14.4 Å². The number of nitrogens with two attached hydrogens (primary N) is 1. The van der Waals surface area contributed by atoms with E-state index in [2.05, 4.69) is 0 Å². The van der Waals surface area contributed by atoms with Crippen LogP contribution in [0.3, 0.4) is 0 Å². The summed E-state index contributed by atoms with van der Waals surface area (Å²) in [4.78, 5) is 54.0. The van der Waals surface area contributed by atoms with Gasteiger partial charge in [0.15, 0.2) is 5.41 Å². The minimum absolute atomic E-state index is 0.0106. The molecular weight excluding hydrogens is 456 g/mol. The Hall–Kier alpha value is -3.82. The average Bonchev–Trinajstić information content (AvgIpc) is 3.06. The van der Waals surface area contributed by atoms with Crippen molar-refractivity contribution in [3.63, 3.8) is 0 Å². The highest BCUT2D eigenvalue weighted by molar-refractivity contribution is 6.16. The van der Waals surface area contributed by atoms with E-state index in [-0.39, 0.29) is 41.4 Å². The van der Waals surface area contributed by atoms with Crippen LogP contribution in [-0.4, -0.2) is 50.2 Å². The summed E-state index contributed by atoms with van der Waals surface area (Å²) in [5, 5.41) is 0. The number of cyclic esters (lactones) is 1. The lowest BCUT2D eigenvalue weighted by Crippen LogP contribution is -2.51. The van der Waals surface area contributed by atoms with Crippen LogP contribution in [0.1, 0.15) is 46.1 Å². The number of carbonyl (C=O) groups excluding carboxylic acids is 4. The number of anilines is 1. The Labute approximate surface area is 203 Å². The summed E-state index contributed by atoms with van der Waals surface area (Å²) in [7, 11) is 1.22. The molecule has 2 aliphatic rings. The van der Waals surface area contributed by atoms with E-state index in [0.29, 0.717) is 12.1 Å². The molecule has 2 heterocycles. The van der Waals surface area contributed by atoms with E-state index in [1.165, 1.54) is 18.9 Å². The average molecular weight is 487 g/mol. The topological polar surface area (TPSA) is 134 Å². The monoisotopic (exact) mass is 486 g/mol. The number of fused-ring (bicyclic) bond motifs is 2. The number of nitrogens with zero attached hydrogens (tertiary/aromatic N) is 1. The van der Waals surface area contributed by atoms with Gasteiger partial charge in [0.1, 0.15) is 29.3 Å². The van der Waals surface area contributed by atoms with Crippen molar-refractivity contribution >= 4 is 29.6 Å². The number of hydrogen-bond acceptors (Lipinski definition) is 10. The quantitative estimate of drug-likeness (QED) is 0.331. The highest BCUT2D eigenvalue weighted by Crippen LogP contribution is 2.54. The smallest absolute Gasteiger partial charge is 0.339 e. The predicted molar refractivity (Wildman–Crippen MR) is 125 cm³/mol. The summed E-state index contributed by atoms with van der Waals surface area (Å²) in [6.45, 7) is 6.43. The summed E-state index contributed by atoms with van der Waals surface area (Å²) in [6, 6.07) is 6.52. The van der Waals surface area contributed by atoms with Crippen LogP contribution >= 0.6 is 0 Å². The number of esters is 4. The molecule has 10 nitrogen and oxygen atoms in total. The predicted octanol–water partition coefficient (Wildman–Crippen LogP) is 2.21. The van der Waals surface area contributed by atoms with Crippen LogP contribution in [0, 0.1) is 0 Å². The van der Waals surface area contributed by atoms with Gasteiger partial charge in [-0.2, -0.15) is 0 Å². The third-order valence-corrected chi connectivity index (χ3v) is 5.80. The van der Waals surface area contributed by atoms with Crippen LogP contribution in [0.15, 0.2) is 47.0 Å². The summed E-state index contributed by atoms with van der Waals surface area (Å²) < 4.78 is 21.1. The van der Waals surface area contributed by atoms with Crippen molar-refractivity contribution in [2.75, 3.05) is 25.2 Å². The number of ether oxygens (including phenoxy) is 4. The number of para-hydroxylation sites is 1. The third kappa shape index (κ3) is 4.36. The van der Waals surface area contributed by atoms with Crippen LogP contribution in [0.25, 0.3) is 0 Å². The second kappa shape index (κ2) is 10.2. The highest BCUT2D eigenvalue weighted by Gasteiger charge is 2.63. The van der Waals surface area contributed by atoms with Crippen LogP contribution < -0.4 is 10.6 Å². The molecule has 0 saturated heterocycles. The third-order valence-electron chi connectivity index (χ3n) is 5.80. The van der Waals surface area contributed by atoms with E-state index in [1.54, 1.807) is 38.1 Å². The molecule has 2 N–H and O–H groups in total. The summed E-state index contributed by atoms with van der Waals surface area (Å²) >= 11 is 0. The van der Waals surface area contributed by atoms with Gasteiger partial charge in [-0.15, -0.1) is 0 Å². The standard InChI is InChI=1S/C25H30N2O8/c1-6-7-12-33-22(29)20-21(26)27(13-18(28)32-5)17-11-9-8-10-16(17)25(20)19(15(4)35-24(25)31)23(30)34-14(2)3/h8-11,14H,6-7,12-13,26H2,1-5H3. The maximum Gasteiger partial charge on any atom is 0.339 e. The van der Waals surface area contributed by atoms with Crippen molar-refractivity contribution in [3.05, 3.63) is 52.6 Å². The van der Waals surface area contributed by atoms with Crippen LogP contribution in [0.5, 0.6) is 0 Å². The molecule has 10 heteroatoms. The van der Waals surface area contributed by atoms with Crippen molar-refractivity contribution in [1.29, 1.82) is 0 Å². The SMILES string of the molecule is CCCCOC(=O)C1=C(N)N(CC(=O)OC)c2ccccc2C12C(=O)OC(C)=C2C(=O)OC(C)C. The van der Waals surface area contributed by atoms with Gasteiger partial charge in [0.25, 0.3) is 0 Å². The van der Waals surface area contributed by atoms with E-state index in [9.17, 15) is 19.2 Å². The molecule has 1 atom stereocenters. The number of hydrogen-bond donors (Lipinski definition) is 1. The van der Waals surface area contributed by atoms with Gasteiger partial charge in [0.05, 0.1) is 19.8 Å². The maximum absolute atomic E-state index is 13.6. The van der Waals surface area contributed by atoms with Crippen molar-refractivity contribution in [3.8, 4) is 0 Å². The van der Waals surface area contributed by atoms with Crippen molar-refractivity contribution in [1.82, 2.24) is 0 Å². The van der Waals surface area contributed by atoms with Gasteiger partial charge in [0.2, 0.25) is 0 Å². The van der Waals surface area contributed by atoms with Crippen molar-refractivity contribution in [2.24, 2.45) is 5.73 Å². The number of unbranched alkanes of at least 4 members (excludes halogenated alkanes) is 1. The lowest BCUT2D eigenvalue weighted by molar-refractivity contribution is -0.148.